The highest BCUT2D eigenvalue weighted by molar-refractivity contribution is 5.56. The highest BCUT2D eigenvalue weighted by Crippen LogP contribution is 2.19. The van der Waals surface area contributed by atoms with Crippen LogP contribution in [0.2, 0.25) is 0 Å². The minimum absolute atomic E-state index is 0.118. The molecule has 0 radical (unpaired) electrons. The van der Waals surface area contributed by atoms with Gasteiger partial charge in [0.1, 0.15) is 12.4 Å². The van der Waals surface area contributed by atoms with E-state index in [9.17, 15) is 4.39 Å². The molecule has 0 aliphatic rings. The number of hydrogen-bond donors (Lipinski definition) is 3. The minimum atomic E-state index is -0.522. The zero-order valence-corrected chi connectivity index (χ0v) is 12.9. The maximum Gasteiger partial charge on any atom is 0.229 e. The summed E-state index contributed by atoms with van der Waals surface area (Å²) in [5, 5.41) is 5.81. The summed E-state index contributed by atoms with van der Waals surface area (Å²) in [4.78, 5) is 7.99. The molecule has 1 aromatic carbocycles. The normalized spacial score (nSPS) is 10.4. The maximum absolute atomic E-state index is 13.5. The van der Waals surface area contributed by atoms with Crippen LogP contribution in [0.1, 0.15) is 0 Å². The molecule has 7 nitrogen and oxygen atoms in total. The Balaban J connectivity index is 1.98. The van der Waals surface area contributed by atoms with Crippen LogP contribution in [0.3, 0.4) is 0 Å². The lowest BCUT2D eigenvalue weighted by molar-refractivity contribution is 0.146. The molecule has 2 rings (SSSR count). The third-order valence-corrected chi connectivity index (χ3v) is 2.85. The predicted octanol–water partition coefficient (Wildman–Crippen LogP) is 1.76. The van der Waals surface area contributed by atoms with E-state index in [1.165, 1.54) is 0 Å². The Morgan fingerprint density at radius 3 is 2.70 bits per heavy atom. The molecule has 8 heteroatoms. The van der Waals surface area contributed by atoms with Crippen LogP contribution in [0.4, 0.5) is 21.8 Å². The van der Waals surface area contributed by atoms with Gasteiger partial charge in [0.2, 0.25) is 5.95 Å². The van der Waals surface area contributed by atoms with Gasteiger partial charge in [-0.15, -0.1) is 0 Å². The van der Waals surface area contributed by atoms with Gasteiger partial charge >= 0.3 is 0 Å². The number of anilines is 3. The fourth-order valence-electron chi connectivity index (χ4n) is 1.75. The fourth-order valence-corrected chi connectivity index (χ4v) is 1.75. The van der Waals surface area contributed by atoms with Gasteiger partial charge in [0.05, 0.1) is 12.8 Å². The number of nitrogens with one attached hydrogen (secondary N) is 2. The van der Waals surface area contributed by atoms with E-state index in [0.29, 0.717) is 32.3 Å². The monoisotopic (exact) mass is 321 g/mol. The van der Waals surface area contributed by atoms with Crippen molar-refractivity contribution < 1.29 is 13.9 Å². The second-order valence-corrected chi connectivity index (χ2v) is 4.60. The summed E-state index contributed by atoms with van der Waals surface area (Å²) in [6, 6.07) is 7.27. The highest BCUT2D eigenvalue weighted by atomic mass is 19.1. The Morgan fingerprint density at radius 1 is 1.22 bits per heavy atom. The fraction of sp³-hybridized carbons (Fsp3) is 0.333. The van der Waals surface area contributed by atoms with E-state index in [-0.39, 0.29) is 5.82 Å². The zero-order chi connectivity index (χ0) is 16.5. The smallest absolute Gasteiger partial charge is 0.229 e. The number of hydrogen-bond acceptors (Lipinski definition) is 7. The van der Waals surface area contributed by atoms with Gasteiger partial charge in [-0.25, -0.2) is 9.37 Å². The van der Waals surface area contributed by atoms with Gasteiger partial charge in [0.25, 0.3) is 0 Å². The van der Waals surface area contributed by atoms with Crippen LogP contribution in [-0.4, -0.2) is 43.4 Å². The first kappa shape index (κ1) is 16.9. The maximum atomic E-state index is 13.5. The van der Waals surface area contributed by atoms with Crippen LogP contribution >= 0.6 is 0 Å². The van der Waals surface area contributed by atoms with E-state index in [0.717, 1.165) is 17.6 Å². The Labute approximate surface area is 134 Å². The molecule has 2 aromatic rings. The van der Waals surface area contributed by atoms with Crippen LogP contribution in [0, 0.1) is 5.82 Å². The van der Waals surface area contributed by atoms with Crippen molar-refractivity contribution in [2.24, 2.45) is 5.73 Å². The second-order valence-electron chi connectivity index (χ2n) is 4.60. The minimum Gasteiger partial charge on any atom is -0.491 e. The summed E-state index contributed by atoms with van der Waals surface area (Å²) in [6.07, 6.45) is 1.11. The third-order valence-electron chi connectivity index (χ3n) is 2.85. The molecule has 0 fully saturated rings. The van der Waals surface area contributed by atoms with E-state index in [1.807, 2.05) is 24.3 Å². The van der Waals surface area contributed by atoms with Crippen molar-refractivity contribution in [1.82, 2.24) is 9.97 Å². The summed E-state index contributed by atoms with van der Waals surface area (Å²) in [5.41, 5.74) is 6.15. The average molecular weight is 321 g/mol. The van der Waals surface area contributed by atoms with E-state index >= 15 is 0 Å². The van der Waals surface area contributed by atoms with Crippen molar-refractivity contribution in [2.75, 3.05) is 44.0 Å². The molecule has 23 heavy (non-hydrogen) atoms. The molecule has 1 aromatic heterocycles. The number of rotatable bonds is 9. The molecular weight excluding hydrogens is 301 g/mol. The van der Waals surface area contributed by atoms with Gasteiger partial charge in [-0.2, -0.15) is 4.98 Å². The quantitative estimate of drug-likeness (QED) is 0.606. The number of benzene rings is 1. The van der Waals surface area contributed by atoms with Crippen molar-refractivity contribution in [3.05, 3.63) is 36.3 Å². The lowest BCUT2D eigenvalue weighted by atomic mass is 10.3. The molecule has 4 N–H and O–H groups in total. The lowest BCUT2D eigenvalue weighted by Crippen LogP contribution is -2.15. The molecule has 0 spiro atoms. The average Bonchev–Trinajstić information content (AvgIpc) is 2.57. The number of ether oxygens (including phenoxy) is 2. The van der Waals surface area contributed by atoms with E-state index < -0.39 is 5.82 Å². The number of nitrogens with two attached hydrogens (primary N) is 1. The molecule has 0 saturated heterocycles. The summed E-state index contributed by atoms with van der Waals surface area (Å²) < 4.78 is 23.9. The molecule has 0 amide bonds. The first-order chi connectivity index (χ1) is 11.2. The van der Waals surface area contributed by atoms with Crippen molar-refractivity contribution in [1.29, 1.82) is 0 Å². The molecule has 0 unspecified atom stereocenters. The van der Waals surface area contributed by atoms with E-state index in [2.05, 4.69) is 20.6 Å². The highest BCUT2D eigenvalue weighted by Gasteiger charge is 2.06. The molecule has 0 bridgehead atoms. The molecule has 0 atom stereocenters. The van der Waals surface area contributed by atoms with Crippen molar-refractivity contribution in [3.8, 4) is 5.75 Å². The molecular formula is C15H20FN5O2. The summed E-state index contributed by atoms with van der Waals surface area (Å²) in [5.74, 6) is 0.621. The number of aromatic nitrogens is 2. The molecule has 1 heterocycles. The van der Waals surface area contributed by atoms with Gasteiger partial charge < -0.3 is 25.8 Å². The van der Waals surface area contributed by atoms with Crippen LogP contribution in [0.5, 0.6) is 5.75 Å². The van der Waals surface area contributed by atoms with Gasteiger partial charge in [-0.05, 0) is 24.3 Å². The number of nitrogens with zero attached hydrogens (tertiary/aromatic N) is 2. The van der Waals surface area contributed by atoms with Crippen LogP contribution in [0.15, 0.2) is 30.5 Å². The van der Waals surface area contributed by atoms with Crippen molar-refractivity contribution in [3.63, 3.8) is 0 Å². The molecule has 0 aliphatic carbocycles. The van der Waals surface area contributed by atoms with Gasteiger partial charge in [-0.1, -0.05) is 0 Å². The van der Waals surface area contributed by atoms with Crippen molar-refractivity contribution in [2.45, 2.75) is 0 Å². The first-order valence-corrected chi connectivity index (χ1v) is 7.18. The summed E-state index contributed by atoms with van der Waals surface area (Å²) >= 11 is 0. The number of halogens is 1. The largest absolute Gasteiger partial charge is 0.491 e. The predicted molar refractivity (Wildman–Crippen MR) is 86.6 cm³/mol. The van der Waals surface area contributed by atoms with Gasteiger partial charge in [0, 0.05) is 25.9 Å². The lowest BCUT2D eigenvalue weighted by Gasteiger charge is -2.10. The van der Waals surface area contributed by atoms with Gasteiger partial charge in [0.15, 0.2) is 11.6 Å². The Kier molecular flexibility index (Phi) is 6.52. The first-order valence-electron chi connectivity index (χ1n) is 7.18. The Hall–Kier alpha value is -2.45. The summed E-state index contributed by atoms with van der Waals surface area (Å²) in [6.45, 7) is 1.83. The molecule has 124 valence electrons. The third kappa shape index (κ3) is 5.35. The van der Waals surface area contributed by atoms with Gasteiger partial charge in [-0.3, -0.25) is 0 Å². The second kappa shape index (κ2) is 8.86. The Bertz CT molecular complexity index is 609. The van der Waals surface area contributed by atoms with Crippen molar-refractivity contribution >= 4 is 17.5 Å². The molecule has 0 saturated carbocycles. The van der Waals surface area contributed by atoms with Crippen LogP contribution in [0.25, 0.3) is 0 Å². The number of methoxy groups -OCH3 is 1. The SMILES string of the molecule is COCCOc1ccc(Nc2ncc(F)c(NCCN)n2)cc1. The standard InChI is InChI=1S/C15H20FN5O2/c1-22-8-9-23-12-4-2-11(3-5-12)20-15-19-10-13(16)14(21-15)18-7-6-17/h2-5,10H,6-9,17H2,1H3,(H2,18,19,20,21). The van der Waals surface area contributed by atoms with E-state index in [1.54, 1.807) is 7.11 Å². The zero-order valence-electron chi connectivity index (χ0n) is 12.9. The Morgan fingerprint density at radius 2 is 2.00 bits per heavy atom. The topological polar surface area (TPSA) is 94.3 Å². The molecule has 0 aliphatic heterocycles. The van der Waals surface area contributed by atoms with Crippen LogP contribution in [-0.2, 0) is 4.74 Å². The van der Waals surface area contributed by atoms with E-state index in [4.69, 9.17) is 15.2 Å². The summed E-state index contributed by atoms with van der Waals surface area (Å²) in [7, 11) is 1.62. The van der Waals surface area contributed by atoms with Crippen LogP contribution < -0.4 is 21.1 Å².